The van der Waals surface area contributed by atoms with Gasteiger partial charge in [-0.2, -0.15) is 0 Å². The number of hydrogen-bond donors (Lipinski definition) is 1. The maximum absolute atomic E-state index is 12.8. The van der Waals surface area contributed by atoms with Crippen LogP contribution in [0.1, 0.15) is 43.6 Å². The van der Waals surface area contributed by atoms with Crippen LogP contribution in [0, 0.1) is 5.92 Å². The Hall–Kier alpha value is -1.65. The van der Waals surface area contributed by atoms with Gasteiger partial charge in [0.25, 0.3) is 0 Å². The SMILES string of the molecule is O=C(Nc1cnccn1)C(CC1CCCC1)c1ccc(Cl)c(Cl)c1. The van der Waals surface area contributed by atoms with Gasteiger partial charge < -0.3 is 5.32 Å². The molecule has 1 atom stereocenters. The monoisotopic (exact) mass is 363 g/mol. The largest absolute Gasteiger partial charge is 0.309 e. The van der Waals surface area contributed by atoms with E-state index in [4.69, 9.17) is 23.2 Å². The van der Waals surface area contributed by atoms with E-state index >= 15 is 0 Å². The van der Waals surface area contributed by atoms with Crippen molar-refractivity contribution in [2.24, 2.45) is 5.92 Å². The maximum Gasteiger partial charge on any atom is 0.233 e. The molecule has 1 N–H and O–H groups in total. The quantitative estimate of drug-likeness (QED) is 0.804. The van der Waals surface area contributed by atoms with Crippen molar-refractivity contribution in [3.8, 4) is 0 Å². The summed E-state index contributed by atoms with van der Waals surface area (Å²) in [5.74, 6) is 0.668. The summed E-state index contributed by atoms with van der Waals surface area (Å²) in [7, 11) is 0. The topological polar surface area (TPSA) is 54.9 Å². The molecule has 0 bridgehead atoms. The zero-order valence-electron chi connectivity index (χ0n) is 13.2. The molecule has 4 nitrogen and oxygen atoms in total. The first kappa shape index (κ1) is 17.2. The Bertz CT molecular complexity index is 703. The Morgan fingerprint density at radius 1 is 1.21 bits per heavy atom. The van der Waals surface area contributed by atoms with Crippen LogP contribution in [0.2, 0.25) is 10.0 Å². The predicted octanol–water partition coefficient (Wildman–Crippen LogP) is 5.09. The van der Waals surface area contributed by atoms with E-state index in [1.807, 2.05) is 6.07 Å². The molecule has 0 aliphatic heterocycles. The Balaban J connectivity index is 1.82. The van der Waals surface area contributed by atoms with Crippen molar-refractivity contribution in [1.29, 1.82) is 0 Å². The van der Waals surface area contributed by atoms with Gasteiger partial charge in [0.1, 0.15) is 0 Å². The van der Waals surface area contributed by atoms with Crippen molar-refractivity contribution < 1.29 is 4.79 Å². The van der Waals surface area contributed by atoms with Gasteiger partial charge >= 0.3 is 0 Å². The van der Waals surface area contributed by atoms with E-state index in [9.17, 15) is 4.79 Å². The second kappa shape index (κ2) is 7.95. The number of nitrogens with one attached hydrogen (secondary N) is 1. The summed E-state index contributed by atoms with van der Waals surface area (Å²) in [4.78, 5) is 20.9. The van der Waals surface area contributed by atoms with Crippen LogP contribution in [0.25, 0.3) is 0 Å². The van der Waals surface area contributed by atoms with Gasteiger partial charge in [-0.25, -0.2) is 4.98 Å². The minimum atomic E-state index is -0.273. The average molecular weight is 364 g/mol. The zero-order chi connectivity index (χ0) is 16.9. The molecular weight excluding hydrogens is 345 g/mol. The van der Waals surface area contributed by atoms with E-state index in [1.54, 1.807) is 30.7 Å². The smallest absolute Gasteiger partial charge is 0.233 e. The Morgan fingerprint density at radius 2 is 2.00 bits per heavy atom. The van der Waals surface area contributed by atoms with E-state index in [0.29, 0.717) is 21.8 Å². The van der Waals surface area contributed by atoms with Crippen molar-refractivity contribution in [2.75, 3.05) is 5.32 Å². The van der Waals surface area contributed by atoms with Crippen LogP contribution in [0.3, 0.4) is 0 Å². The summed E-state index contributed by atoms with van der Waals surface area (Å²) in [5, 5.41) is 3.82. The number of amides is 1. The summed E-state index contributed by atoms with van der Waals surface area (Å²) < 4.78 is 0. The molecule has 0 saturated heterocycles. The third kappa shape index (κ3) is 4.25. The highest BCUT2D eigenvalue weighted by Gasteiger charge is 2.27. The Kier molecular flexibility index (Phi) is 5.69. The molecule has 1 aliphatic carbocycles. The third-order valence-corrected chi connectivity index (χ3v) is 5.26. The maximum atomic E-state index is 12.8. The second-order valence-corrected chi connectivity index (χ2v) is 7.01. The molecule has 0 spiro atoms. The van der Waals surface area contributed by atoms with Gasteiger partial charge in [-0.05, 0) is 30.0 Å². The lowest BCUT2D eigenvalue weighted by Crippen LogP contribution is -2.23. The molecule has 2 aromatic rings. The van der Waals surface area contributed by atoms with Gasteiger partial charge in [-0.3, -0.25) is 9.78 Å². The molecular formula is C18H19Cl2N3O. The van der Waals surface area contributed by atoms with Crippen LogP contribution < -0.4 is 5.32 Å². The summed E-state index contributed by atoms with van der Waals surface area (Å²) in [6.07, 6.45) is 10.3. The normalized spacial score (nSPS) is 16.1. The summed E-state index contributed by atoms with van der Waals surface area (Å²) in [6.45, 7) is 0. The number of carbonyl (C=O) groups is 1. The highest BCUT2D eigenvalue weighted by molar-refractivity contribution is 6.42. The van der Waals surface area contributed by atoms with Crippen LogP contribution >= 0.6 is 23.2 Å². The van der Waals surface area contributed by atoms with Crippen LogP contribution in [0.15, 0.2) is 36.8 Å². The molecule has 1 saturated carbocycles. The van der Waals surface area contributed by atoms with Crippen LogP contribution in [0.5, 0.6) is 0 Å². The van der Waals surface area contributed by atoms with Crippen molar-refractivity contribution in [2.45, 2.75) is 38.0 Å². The van der Waals surface area contributed by atoms with E-state index in [1.165, 1.54) is 25.7 Å². The lowest BCUT2D eigenvalue weighted by atomic mass is 9.87. The van der Waals surface area contributed by atoms with Gasteiger partial charge in [-0.1, -0.05) is 55.0 Å². The fraction of sp³-hybridized carbons (Fsp3) is 0.389. The van der Waals surface area contributed by atoms with Crippen LogP contribution in [-0.2, 0) is 4.79 Å². The van der Waals surface area contributed by atoms with Crippen LogP contribution in [-0.4, -0.2) is 15.9 Å². The minimum Gasteiger partial charge on any atom is -0.309 e. The lowest BCUT2D eigenvalue weighted by molar-refractivity contribution is -0.118. The summed E-state index contributed by atoms with van der Waals surface area (Å²) in [5.41, 5.74) is 0.887. The predicted molar refractivity (Wildman–Crippen MR) is 96.4 cm³/mol. The number of rotatable bonds is 5. The van der Waals surface area contributed by atoms with E-state index in [0.717, 1.165) is 12.0 Å². The molecule has 24 heavy (non-hydrogen) atoms. The van der Waals surface area contributed by atoms with Gasteiger partial charge in [0.05, 0.1) is 22.2 Å². The van der Waals surface area contributed by atoms with E-state index in [-0.39, 0.29) is 11.8 Å². The number of anilines is 1. The van der Waals surface area contributed by atoms with Crippen molar-refractivity contribution >= 4 is 34.9 Å². The fourth-order valence-corrected chi connectivity index (χ4v) is 3.59. The summed E-state index contributed by atoms with van der Waals surface area (Å²) >= 11 is 12.2. The molecule has 1 heterocycles. The molecule has 126 valence electrons. The van der Waals surface area contributed by atoms with Gasteiger partial charge in [0.15, 0.2) is 5.82 Å². The molecule has 1 amide bonds. The summed E-state index contributed by atoms with van der Waals surface area (Å²) in [6, 6.07) is 5.42. The molecule has 1 unspecified atom stereocenters. The molecule has 0 radical (unpaired) electrons. The van der Waals surface area contributed by atoms with E-state index < -0.39 is 0 Å². The standard InChI is InChI=1S/C18H19Cl2N3O/c19-15-6-5-13(10-16(15)20)14(9-12-3-1-2-4-12)18(24)23-17-11-21-7-8-22-17/h5-8,10-12,14H,1-4,9H2,(H,22,23,24). The third-order valence-electron chi connectivity index (χ3n) is 4.52. The first-order valence-corrected chi connectivity index (χ1v) is 8.91. The number of halogens is 2. The number of aromatic nitrogens is 2. The molecule has 1 fully saturated rings. The first-order chi connectivity index (χ1) is 11.6. The Labute approximate surface area is 151 Å². The fourth-order valence-electron chi connectivity index (χ4n) is 3.28. The molecule has 1 aromatic carbocycles. The average Bonchev–Trinajstić information content (AvgIpc) is 3.09. The van der Waals surface area contributed by atoms with Gasteiger partial charge in [0, 0.05) is 12.4 Å². The molecule has 1 aliphatic rings. The van der Waals surface area contributed by atoms with Gasteiger partial charge in [0.2, 0.25) is 5.91 Å². The highest BCUT2D eigenvalue weighted by Crippen LogP contribution is 2.36. The van der Waals surface area contributed by atoms with Crippen molar-refractivity contribution in [3.63, 3.8) is 0 Å². The van der Waals surface area contributed by atoms with Gasteiger partial charge in [-0.15, -0.1) is 0 Å². The number of hydrogen-bond acceptors (Lipinski definition) is 3. The first-order valence-electron chi connectivity index (χ1n) is 8.15. The van der Waals surface area contributed by atoms with Crippen LogP contribution in [0.4, 0.5) is 5.82 Å². The highest BCUT2D eigenvalue weighted by atomic mass is 35.5. The Morgan fingerprint density at radius 3 is 2.67 bits per heavy atom. The van der Waals surface area contributed by atoms with Crippen molar-refractivity contribution in [3.05, 3.63) is 52.4 Å². The zero-order valence-corrected chi connectivity index (χ0v) is 14.7. The molecule has 3 rings (SSSR count). The number of carbonyl (C=O) groups excluding carboxylic acids is 1. The number of benzene rings is 1. The second-order valence-electron chi connectivity index (χ2n) is 6.19. The minimum absolute atomic E-state index is 0.0826. The lowest BCUT2D eigenvalue weighted by Gasteiger charge is -2.20. The number of nitrogens with zero attached hydrogens (tertiary/aromatic N) is 2. The molecule has 6 heteroatoms. The van der Waals surface area contributed by atoms with E-state index in [2.05, 4.69) is 15.3 Å². The van der Waals surface area contributed by atoms with Crippen molar-refractivity contribution in [1.82, 2.24) is 9.97 Å². The molecule has 1 aromatic heterocycles.